The molecule has 2 N–H and O–H groups in total. The van der Waals surface area contributed by atoms with Gasteiger partial charge >= 0.3 is 0 Å². The number of nitrogens with one attached hydrogen (secondary N) is 2. The Kier molecular flexibility index (Phi) is 6.06. The van der Waals surface area contributed by atoms with E-state index < -0.39 is 32.9 Å². The standard InChI is InChI=1S/C26H16F2N4O3S/c27-23-11-12-24(25(28)22(23)10-9-17-13-18-16-30-31-26(18)29-15-17)32-36(33,34)21-8-4-7-20(14-21)35-19-5-2-1-3-6-19/h1-8,11-16,32H,(H,29,30,31). The maximum atomic E-state index is 15.1. The zero-order valence-corrected chi connectivity index (χ0v) is 19.2. The van der Waals surface area contributed by atoms with Crippen molar-refractivity contribution in [2.24, 2.45) is 0 Å². The summed E-state index contributed by atoms with van der Waals surface area (Å²) in [5.41, 5.74) is -0.0707. The van der Waals surface area contributed by atoms with Crippen LogP contribution in [0, 0.1) is 23.5 Å². The zero-order chi connectivity index (χ0) is 25.1. The maximum Gasteiger partial charge on any atom is 0.262 e. The summed E-state index contributed by atoms with van der Waals surface area (Å²) in [5, 5.41) is 7.23. The number of benzene rings is 3. The highest BCUT2D eigenvalue weighted by Crippen LogP contribution is 2.27. The van der Waals surface area contributed by atoms with Crippen molar-refractivity contribution in [2.75, 3.05) is 4.72 Å². The monoisotopic (exact) mass is 502 g/mol. The van der Waals surface area contributed by atoms with E-state index >= 15 is 4.39 Å². The first-order valence-electron chi connectivity index (χ1n) is 10.5. The molecule has 5 aromatic rings. The third-order valence-electron chi connectivity index (χ3n) is 5.05. The van der Waals surface area contributed by atoms with Gasteiger partial charge < -0.3 is 4.74 Å². The molecule has 2 heterocycles. The van der Waals surface area contributed by atoms with Gasteiger partial charge in [0.15, 0.2) is 11.5 Å². The van der Waals surface area contributed by atoms with Gasteiger partial charge in [-0.1, -0.05) is 36.1 Å². The van der Waals surface area contributed by atoms with Crippen molar-refractivity contribution < 1.29 is 21.9 Å². The lowest BCUT2D eigenvalue weighted by Gasteiger charge is -2.12. The molecule has 10 heteroatoms. The van der Waals surface area contributed by atoms with Crippen molar-refractivity contribution in [3.05, 3.63) is 108 Å². The fourth-order valence-electron chi connectivity index (χ4n) is 3.32. The first kappa shape index (κ1) is 23.0. The molecule has 0 spiro atoms. The summed E-state index contributed by atoms with van der Waals surface area (Å²) in [6.45, 7) is 0. The van der Waals surface area contributed by atoms with E-state index in [-0.39, 0.29) is 10.6 Å². The second-order valence-corrected chi connectivity index (χ2v) is 9.24. The highest BCUT2D eigenvalue weighted by Gasteiger charge is 2.20. The summed E-state index contributed by atoms with van der Waals surface area (Å²) in [4.78, 5) is 3.96. The minimum absolute atomic E-state index is 0.160. The molecule has 0 saturated carbocycles. The molecule has 0 fully saturated rings. The highest BCUT2D eigenvalue weighted by molar-refractivity contribution is 7.92. The van der Waals surface area contributed by atoms with Crippen LogP contribution in [0.5, 0.6) is 11.5 Å². The first-order chi connectivity index (χ1) is 17.4. The number of fused-ring (bicyclic) bond motifs is 1. The summed E-state index contributed by atoms with van der Waals surface area (Å²) in [6.07, 6.45) is 2.98. The van der Waals surface area contributed by atoms with Crippen LogP contribution in [-0.2, 0) is 10.0 Å². The number of halogens is 2. The highest BCUT2D eigenvalue weighted by atomic mass is 32.2. The number of aromatic nitrogens is 3. The molecule has 2 aromatic heterocycles. The summed E-state index contributed by atoms with van der Waals surface area (Å²) in [6, 6.07) is 18.1. The average molecular weight is 503 g/mol. The summed E-state index contributed by atoms with van der Waals surface area (Å²) < 4.78 is 63.3. The van der Waals surface area contributed by atoms with Gasteiger partial charge in [0.05, 0.1) is 22.3 Å². The van der Waals surface area contributed by atoms with Gasteiger partial charge in [0.2, 0.25) is 0 Å². The second kappa shape index (κ2) is 9.48. The predicted molar refractivity (Wildman–Crippen MR) is 130 cm³/mol. The van der Waals surface area contributed by atoms with Crippen LogP contribution in [0.4, 0.5) is 14.5 Å². The lowest BCUT2D eigenvalue weighted by Crippen LogP contribution is -2.14. The number of nitrogens with zero attached hydrogens (tertiary/aromatic N) is 2. The normalized spacial score (nSPS) is 11.1. The molecular weight excluding hydrogens is 486 g/mol. The average Bonchev–Trinajstić information content (AvgIpc) is 3.34. The van der Waals surface area contributed by atoms with E-state index in [1.165, 1.54) is 24.4 Å². The van der Waals surface area contributed by atoms with Crippen molar-refractivity contribution in [2.45, 2.75) is 4.90 Å². The number of aromatic amines is 1. The molecule has 7 nitrogen and oxygen atoms in total. The fourth-order valence-corrected chi connectivity index (χ4v) is 4.41. The number of rotatable bonds is 5. The Labute approximate surface area is 204 Å². The Morgan fingerprint density at radius 3 is 2.53 bits per heavy atom. The van der Waals surface area contributed by atoms with Gasteiger partial charge in [-0.25, -0.2) is 22.2 Å². The van der Waals surface area contributed by atoms with Crippen LogP contribution < -0.4 is 9.46 Å². The third-order valence-corrected chi connectivity index (χ3v) is 6.42. The molecule has 0 bridgehead atoms. The van der Waals surface area contributed by atoms with Gasteiger partial charge in [-0.05, 0) is 42.5 Å². The number of sulfonamides is 1. The number of ether oxygens (including phenoxy) is 1. The van der Waals surface area contributed by atoms with Crippen LogP contribution in [0.1, 0.15) is 11.1 Å². The Balaban J connectivity index is 1.42. The topological polar surface area (TPSA) is 97.0 Å². The number of pyridine rings is 1. The minimum Gasteiger partial charge on any atom is -0.457 e. The molecule has 0 atom stereocenters. The minimum atomic E-state index is -4.23. The van der Waals surface area contributed by atoms with Crippen LogP contribution in [0.3, 0.4) is 0 Å². The van der Waals surface area contributed by atoms with Gasteiger partial charge in [-0.2, -0.15) is 5.10 Å². The molecule has 3 aromatic carbocycles. The SMILES string of the molecule is O=S(=O)(Nc1ccc(F)c(C#Cc2cnc3[nH]ncc3c2)c1F)c1cccc(Oc2ccccc2)c1. The van der Waals surface area contributed by atoms with E-state index in [1.807, 2.05) is 6.07 Å². The Bertz CT molecular complexity index is 1740. The van der Waals surface area contributed by atoms with E-state index in [1.54, 1.807) is 42.6 Å². The van der Waals surface area contributed by atoms with Crippen LogP contribution in [0.25, 0.3) is 11.0 Å². The quantitative estimate of drug-likeness (QED) is 0.321. The molecule has 178 valence electrons. The lowest BCUT2D eigenvalue weighted by atomic mass is 10.1. The molecule has 0 aliphatic rings. The van der Waals surface area contributed by atoms with Crippen molar-refractivity contribution in [1.82, 2.24) is 15.2 Å². The Hall–Kier alpha value is -4.75. The number of anilines is 1. The summed E-state index contributed by atoms with van der Waals surface area (Å²) in [5.74, 6) is 3.81. The second-order valence-electron chi connectivity index (χ2n) is 7.56. The van der Waals surface area contributed by atoms with Crippen LogP contribution in [-0.4, -0.2) is 23.6 Å². The predicted octanol–water partition coefficient (Wildman–Crippen LogP) is 5.23. The van der Waals surface area contributed by atoms with E-state index in [9.17, 15) is 12.8 Å². The fraction of sp³-hybridized carbons (Fsp3) is 0. The van der Waals surface area contributed by atoms with Crippen molar-refractivity contribution in [3.8, 4) is 23.3 Å². The van der Waals surface area contributed by atoms with E-state index in [0.29, 0.717) is 22.3 Å². The van der Waals surface area contributed by atoms with Gasteiger partial charge in [0.25, 0.3) is 10.0 Å². The lowest BCUT2D eigenvalue weighted by molar-refractivity contribution is 0.481. The molecule has 0 amide bonds. The molecule has 0 aliphatic carbocycles. The van der Waals surface area contributed by atoms with Crippen molar-refractivity contribution in [3.63, 3.8) is 0 Å². The number of H-pyrrole nitrogens is 1. The van der Waals surface area contributed by atoms with Crippen LogP contribution in [0.15, 0.2) is 90.1 Å². The van der Waals surface area contributed by atoms with Gasteiger partial charge in [-0.15, -0.1) is 0 Å². The largest absolute Gasteiger partial charge is 0.457 e. The van der Waals surface area contributed by atoms with E-state index in [0.717, 1.165) is 12.1 Å². The molecule has 0 aliphatic heterocycles. The van der Waals surface area contributed by atoms with E-state index in [4.69, 9.17) is 4.74 Å². The van der Waals surface area contributed by atoms with Crippen molar-refractivity contribution in [1.29, 1.82) is 0 Å². The molecule has 5 rings (SSSR count). The Morgan fingerprint density at radius 2 is 1.69 bits per heavy atom. The smallest absolute Gasteiger partial charge is 0.262 e. The molecule has 0 unspecified atom stereocenters. The number of hydrogen-bond acceptors (Lipinski definition) is 5. The number of para-hydroxylation sites is 1. The maximum absolute atomic E-state index is 15.1. The summed E-state index contributed by atoms with van der Waals surface area (Å²) >= 11 is 0. The van der Waals surface area contributed by atoms with E-state index in [2.05, 4.69) is 31.7 Å². The molecule has 0 radical (unpaired) electrons. The molecule has 36 heavy (non-hydrogen) atoms. The Morgan fingerprint density at radius 1 is 0.889 bits per heavy atom. The third kappa shape index (κ3) is 4.87. The van der Waals surface area contributed by atoms with Gasteiger partial charge in [0, 0.05) is 23.2 Å². The first-order valence-corrected chi connectivity index (χ1v) is 12.0. The van der Waals surface area contributed by atoms with Gasteiger partial charge in [-0.3, -0.25) is 9.82 Å². The molecule has 0 saturated heterocycles. The van der Waals surface area contributed by atoms with Gasteiger partial charge in [0.1, 0.15) is 17.3 Å². The van der Waals surface area contributed by atoms with Crippen LogP contribution >= 0.6 is 0 Å². The summed E-state index contributed by atoms with van der Waals surface area (Å²) in [7, 11) is -4.23. The number of hydrogen-bond donors (Lipinski definition) is 2. The van der Waals surface area contributed by atoms with Crippen LogP contribution in [0.2, 0.25) is 0 Å². The zero-order valence-electron chi connectivity index (χ0n) is 18.4. The molecular formula is C26H16F2N4O3S. The van der Waals surface area contributed by atoms with Crippen molar-refractivity contribution >= 4 is 26.7 Å².